The summed E-state index contributed by atoms with van der Waals surface area (Å²) < 4.78 is 0. The van der Waals surface area contributed by atoms with E-state index >= 15 is 0 Å². The molecule has 0 saturated carbocycles. The number of likely N-dealkylation sites (N-methyl/N-ethyl adjacent to an activating group) is 1. The second kappa shape index (κ2) is 6.04. The highest BCUT2D eigenvalue weighted by molar-refractivity contribution is 6.34. The van der Waals surface area contributed by atoms with Gasteiger partial charge in [-0.05, 0) is 31.7 Å². The lowest BCUT2D eigenvalue weighted by molar-refractivity contribution is -0.117. The molecule has 1 saturated heterocycles. The van der Waals surface area contributed by atoms with Gasteiger partial charge in [0.1, 0.15) is 0 Å². The summed E-state index contributed by atoms with van der Waals surface area (Å²) >= 11 is 6.17. The highest BCUT2D eigenvalue weighted by Gasteiger charge is 2.23. The van der Waals surface area contributed by atoms with Crippen LogP contribution < -0.4 is 15.5 Å². The summed E-state index contributed by atoms with van der Waals surface area (Å²) in [6, 6.07) is 5.18. The van der Waals surface area contributed by atoms with Gasteiger partial charge in [0.15, 0.2) is 0 Å². The molecule has 2 rings (SSSR count). The van der Waals surface area contributed by atoms with E-state index in [0.717, 1.165) is 6.42 Å². The van der Waals surface area contributed by atoms with Crippen LogP contribution >= 0.6 is 11.6 Å². The largest absolute Gasteiger partial charge is 0.325 e. The van der Waals surface area contributed by atoms with E-state index in [-0.39, 0.29) is 18.4 Å². The topological polar surface area (TPSA) is 61.4 Å². The predicted octanol–water partition coefficient (Wildman–Crippen LogP) is 1.62. The Hall–Kier alpha value is -1.59. The van der Waals surface area contributed by atoms with E-state index in [1.165, 1.54) is 0 Å². The fourth-order valence-electron chi connectivity index (χ4n) is 2.07. The molecule has 6 heteroatoms. The highest BCUT2D eigenvalue weighted by atomic mass is 35.5. The number of carbonyl (C=O) groups excluding carboxylic acids is 2. The molecule has 0 unspecified atom stereocenters. The fraction of sp³-hybridized carbons (Fsp3) is 0.385. The first kappa shape index (κ1) is 13.8. The van der Waals surface area contributed by atoms with Crippen LogP contribution in [0.4, 0.5) is 11.4 Å². The molecule has 1 aliphatic heterocycles. The van der Waals surface area contributed by atoms with Crippen molar-refractivity contribution in [3.63, 3.8) is 0 Å². The number of rotatable bonds is 4. The molecule has 1 heterocycles. The number of anilines is 2. The molecule has 1 aromatic carbocycles. The van der Waals surface area contributed by atoms with Gasteiger partial charge in [-0.25, -0.2) is 0 Å². The lowest BCUT2D eigenvalue weighted by Gasteiger charge is -2.18. The van der Waals surface area contributed by atoms with Gasteiger partial charge in [0.05, 0.1) is 17.3 Å². The Morgan fingerprint density at radius 3 is 2.84 bits per heavy atom. The van der Waals surface area contributed by atoms with Crippen molar-refractivity contribution in [1.82, 2.24) is 5.32 Å². The predicted molar refractivity (Wildman–Crippen MR) is 75.6 cm³/mol. The summed E-state index contributed by atoms with van der Waals surface area (Å²) in [4.78, 5) is 24.8. The summed E-state index contributed by atoms with van der Waals surface area (Å²) in [5, 5.41) is 5.96. The van der Waals surface area contributed by atoms with Crippen molar-refractivity contribution >= 4 is 34.8 Å². The first-order chi connectivity index (χ1) is 9.11. The van der Waals surface area contributed by atoms with E-state index < -0.39 is 0 Å². The minimum atomic E-state index is -0.136. The zero-order valence-corrected chi connectivity index (χ0v) is 11.5. The molecule has 0 spiro atoms. The monoisotopic (exact) mass is 281 g/mol. The second-order valence-electron chi connectivity index (χ2n) is 4.39. The molecule has 0 atom stereocenters. The third-order valence-electron chi connectivity index (χ3n) is 2.93. The molecular formula is C13H16ClN3O2. The Morgan fingerprint density at radius 2 is 2.26 bits per heavy atom. The van der Waals surface area contributed by atoms with Crippen molar-refractivity contribution in [1.29, 1.82) is 0 Å². The van der Waals surface area contributed by atoms with E-state index in [1.54, 1.807) is 30.1 Å². The van der Waals surface area contributed by atoms with Crippen LogP contribution in [-0.4, -0.2) is 32.0 Å². The highest BCUT2D eigenvalue weighted by Crippen LogP contribution is 2.31. The lowest BCUT2D eigenvalue weighted by Crippen LogP contribution is -2.25. The van der Waals surface area contributed by atoms with E-state index in [1.807, 2.05) is 0 Å². The van der Waals surface area contributed by atoms with E-state index in [0.29, 0.717) is 29.4 Å². The van der Waals surface area contributed by atoms with Crippen LogP contribution in [0.1, 0.15) is 12.8 Å². The first-order valence-corrected chi connectivity index (χ1v) is 6.54. The van der Waals surface area contributed by atoms with E-state index in [2.05, 4.69) is 10.6 Å². The normalized spacial score (nSPS) is 14.8. The van der Waals surface area contributed by atoms with Gasteiger partial charge in [0.2, 0.25) is 11.8 Å². The maximum absolute atomic E-state index is 11.7. The lowest BCUT2D eigenvalue weighted by atomic mass is 10.2. The van der Waals surface area contributed by atoms with Gasteiger partial charge >= 0.3 is 0 Å². The summed E-state index contributed by atoms with van der Waals surface area (Å²) in [5.74, 6) is -0.0440. The van der Waals surface area contributed by atoms with Crippen LogP contribution in [0.5, 0.6) is 0 Å². The van der Waals surface area contributed by atoms with Crippen LogP contribution in [0.25, 0.3) is 0 Å². The number of benzene rings is 1. The first-order valence-electron chi connectivity index (χ1n) is 6.16. The minimum absolute atomic E-state index is 0.0915. The van der Waals surface area contributed by atoms with Crippen LogP contribution in [0.15, 0.2) is 18.2 Å². The molecule has 1 aliphatic rings. The summed E-state index contributed by atoms with van der Waals surface area (Å²) in [7, 11) is 1.70. The molecule has 0 bridgehead atoms. The van der Waals surface area contributed by atoms with Crippen molar-refractivity contribution in [3.8, 4) is 0 Å². The number of nitrogens with zero attached hydrogens (tertiary/aromatic N) is 1. The Labute approximate surface area is 116 Å². The van der Waals surface area contributed by atoms with Crippen LogP contribution in [0.3, 0.4) is 0 Å². The van der Waals surface area contributed by atoms with Gasteiger partial charge in [0, 0.05) is 18.7 Å². The Balaban J connectivity index is 2.13. The summed E-state index contributed by atoms with van der Waals surface area (Å²) in [6.45, 7) is 0.938. The second-order valence-corrected chi connectivity index (χ2v) is 4.80. The molecule has 2 N–H and O–H groups in total. The van der Waals surface area contributed by atoms with Crippen LogP contribution in [0, 0.1) is 0 Å². The molecule has 0 aromatic heterocycles. The van der Waals surface area contributed by atoms with Crippen LogP contribution in [-0.2, 0) is 9.59 Å². The van der Waals surface area contributed by atoms with Gasteiger partial charge in [-0.3, -0.25) is 9.59 Å². The van der Waals surface area contributed by atoms with Crippen molar-refractivity contribution in [2.45, 2.75) is 12.8 Å². The smallest absolute Gasteiger partial charge is 0.238 e. The number of nitrogens with one attached hydrogen (secondary N) is 2. The van der Waals surface area contributed by atoms with Crippen molar-refractivity contribution in [3.05, 3.63) is 23.2 Å². The number of carbonyl (C=O) groups is 2. The summed E-state index contributed by atoms with van der Waals surface area (Å²) in [5.41, 5.74) is 1.33. The van der Waals surface area contributed by atoms with Crippen molar-refractivity contribution in [2.75, 3.05) is 30.4 Å². The molecule has 1 aromatic rings. The zero-order valence-electron chi connectivity index (χ0n) is 10.7. The number of hydrogen-bond donors (Lipinski definition) is 2. The van der Waals surface area contributed by atoms with Crippen molar-refractivity contribution in [2.24, 2.45) is 0 Å². The van der Waals surface area contributed by atoms with Crippen LogP contribution in [0.2, 0.25) is 5.02 Å². The van der Waals surface area contributed by atoms with Gasteiger partial charge in [-0.15, -0.1) is 0 Å². The fourth-order valence-corrected chi connectivity index (χ4v) is 2.35. The third kappa shape index (κ3) is 3.24. The van der Waals surface area contributed by atoms with Gasteiger partial charge in [0.25, 0.3) is 0 Å². The molecular weight excluding hydrogens is 266 g/mol. The Bertz CT molecular complexity index is 505. The quantitative estimate of drug-likeness (QED) is 0.882. The average Bonchev–Trinajstić information content (AvgIpc) is 2.76. The molecule has 19 heavy (non-hydrogen) atoms. The minimum Gasteiger partial charge on any atom is -0.325 e. The zero-order chi connectivity index (χ0) is 13.8. The Morgan fingerprint density at radius 1 is 1.47 bits per heavy atom. The maximum atomic E-state index is 11.7. The molecule has 102 valence electrons. The van der Waals surface area contributed by atoms with Gasteiger partial charge in [-0.2, -0.15) is 0 Å². The van der Waals surface area contributed by atoms with Gasteiger partial charge in [-0.1, -0.05) is 11.6 Å². The maximum Gasteiger partial charge on any atom is 0.238 e. The van der Waals surface area contributed by atoms with E-state index in [4.69, 9.17) is 11.6 Å². The number of hydrogen-bond acceptors (Lipinski definition) is 3. The molecule has 1 fully saturated rings. The third-order valence-corrected chi connectivity index (χ3v) is 3.24. The SMILES string of the molecule is CNCC(=O)Nc1ccc(N2CCCC2=O)c(Cl)c1. The standard InChI is InChI=1S/C13H16ClN3O2/c1-15-8-12(18)16-9-4-5-11(10(14)7-9)17-6-2-3-13(17)19/h4-5,7,15H,2-3,6,8H2,1H3,(H,16,18). The summed E-state index contributed by atoms with van der Waals surface area (Å²) in [6.07, 6.45) is 1.42. The number of halogens is 1. The molecule has 0 radical (unpaired) electrons. The Kier molecular flexibility index (Phi) is 4.39. The number of amides is 2. The average molecular weight is 282 g/mol. The van der Waals surface area contributed by atoms with E-state index in [9.17, 15) is 9.59 Å². The molecule has 5 nitrogen and oxygen atoms in total. The van der Waals surface area contributed by atoms with Gasteiger partial charge < -0.3 is 15.5 Å². The van der Waals surface area contributed by atoms with Crippen molar-refractivity contribution < 1.29 is 9.59 Å². The molecule has 0 aliphatic carbocycles. The molecule has 2 amide bonds.